The number of esters is 1. The quantitative estimate of drug-likeness (QED) is 0.0433. The molecule has 2 aromatic heterocycles. The fraction of sp³-hybridized carbons (Fsp3) is 0.389. The molecular formula is C36H42N9O8+. The number of ether oxygens (including phenoxy) is 4. The number of hydrazine groups is 2. The number of nitroso groups, excluding NO2 is 1. The summed E-state index contributed by atoms with van der Waals surface area (Å²) in [7, 11) is 0. The van der Waals surface area contributed by atoms with E-state index >= 15 is 0 Å². The Morgan fingerprint density at radius 3 is 2.58 bits per heavy atom. The zero-order valence-electron chi connectivity index (χ0n) is 29.8. The van der Waals surface area contributed by atoms with Crippen molar-refractivity contribution < 1.29 is 38.4 Å². The van der Waals surface area contributed by atoms with Gasteiger partial charge in [0.2, 0.25) is 12.1 Å². The van der Waals surface area contributed by atoms with Crippen LogP contribution in [0.4, 0.5) is 4.79 Å². The van der Waals surface area contributed by atoms with Crippen LogP contribution in [-0.2, 0) is 25.6 Å². The first kappa shape index (κ1) is 36.7. The predicted molar refractivity (Wildman–Crippen MR) is 190 cm³/mol. The van der Waals surface area contributed by atoms with Crippen LogP contribution in [0.15, 0.2) is 66.7 Å². The molecule has 5 aromatic rings. The molecule has 0 bridgehead atoms. The molecule has 2 atom stereocenters. The molecule has 3 heterocycles. The Hall–Kier alpha value is -6.10. The molecule has 0 aliphatic carbocycles. The Balaban J connectivity index is 1.05. The number of benzene rings is 3. The Morgan fingerprint density at radius 2 is 1.83 bits per heavy atom. The number of hydrogen-bond acceptors (Lipinski definition) is 12. The molecule has 53 heavy (non-hydrogen) atoms. The van der Waals surface area contributed by atoms with E-state index in [1.54, 1.807) is 23.2 Å². The van der Waals surface area contributed by atoms with Gasteiger partial charge in [0.15, 0.2) is 0 Å². The highest BCUT2D eigenvalue weighted by Crippen LogP contribution is 2.31. The molecule has 0 spiro atoms. The van der Waals surface area contributed by atoms with Gasteiger partial charge in [-0.15, -0.1) is 15.2 Å². The number of H-pyrrole nitrogens is 1. The van der Waals surface area contributed by atoms with Gasteiger partial charge in [0.1, 0.15) is 0 Å². The first-order valence-electron chi connectivity index (χ1n) is 17.5. The van der Waals surface area contributed by atoms with Gasteiger partial charge in [0.25, 0.3) is 11.0 Å². The molecule has 6 rings (SSSR count). The summed E-state index contributed by atoms with van der Waals surface area (Å²) in [5, 5.41) is 16.1. The third-order valence-corrected chi connectivity index (χ3v) is 8.63. The Labute approximate surface area is 305 Å². The molecule has 2 unspecified atom stereocenters. The fourth-order valence-corrected chi connectivity index (χ4v) is 6.09. The molecule has 1 aliphatic heterocycles. The summed E-state index contributed by atoms with van der Waals surface area (Å²) >= 11 is 0. The molecule has 3 aromatic carbocycles. The number of nitrogens with one attached hydrogen (secondary N) is 2. The largest absolute Gasteiger partial charge is 0.511 e. The standard InChI is InChI=1S/C36H42N9O8/c1-4-49-35-37-31-15-9-14-30(34(46)52-25(3)53-36(47)50-21-10-22-51-42-45(48)44-20-8-7-11-24(44)2)32(31)43(35)23-26-16-18-27(19-17-26)28-12-5-6-13-29(28)33-38-40-41-39-33/h5-6,9,12-19,24-25H,4,7-8,10-11,20-23H2,1-3H3,(H,42,48)(H,38,39,40,41)/q+1. The van der Waals surface area contributed by atoms with E-state index in [1.165, 1.54) is 6.92 Å². The van der Waals surface area contributed by atoms with Crippen molar-refractivity contribution >= 4 is 23.2 Å². The lowest BCUT2D eigenvalue weighted by molar-refractivity contribution is -0.795. The van der Waals surface area contributed by atoms with Crippen molar-refractivity contribution in [1.29, 1.82) is 0 Å². The number of tetrazole rings is 1. The van der Waals surface area contributed by atoms with Gasteiger partial charge >= 0.3 is 12.1 Å². The van der Waals surface area contributed by atoms with Gasteiger partial charge in [-0.3, -0.25) is 4.57 Å². The lowest BCUT2D eigenvalue weighted by atomic mass is 9.98. The van der Waals surface area contributed by atoms with Crippen molar-refractivity contribution in [3.8, 4) is 28.5 Å². The number of nitrogens with zero attached hydrogens (tertiary/aromatic N) is 7. The minimum atomic E-state index is -1.26. The van der Waals surface area contributed by atoms with E-state index in [0.29, 0.717) is 54.0 Å². The maximum absolute atomic E-state index is 13.5. The second-order valence-electron chi connectivity index (χ2n) is 12.3. The lowest BCUT2D eigenvalue weighted by Crippen LogP contribution is -2.49. The van der Waals surface area contributed by atoms with Crippen molar-refractivity contribution in [1.82, 2.24) is 40.8 Å². The maximum atomic E-state index is 13.5. The lowest BCUT2D eigenvalue weighted by Gasteiger charge is -2.24. The third kappa shape index (κ3) is 9.04. The van der Waals surface area contributed by atoms with E-state index in [-0.39, 0.29) is 24.8 Å². The number of piperidine rings is 1. The average molecular weight is 729 g/mol. The number of aromatic amines is 1. The molecule has 1 fully saturated rings. The van der Waals surface area contributed by atoms with Gasteiger partial charge in [0.05, 0.1) is 60.5 Å². The third-order valence-electron chi connectivity index (χ3n) is 8.63. The molecule has 0 amide bonds. The van der Waals surface area contributed by atoms with Crippen molar-refractivity contribution in [2.75, 3.05) is 26.4 Å². The minimum Gasteiger partial charge on any atom is -0.465 e. The molecule has 17 nitrogen and oxygen atoms in total. The fourth-order valence-electron chi connectivity index (χ4n) is 6.09. The number of aromatic nitrogens is 6. The smallest absolute Gasteiger partial charge is 0.465 e. The zero-order chi connectivity index (χ0) is 37.2. The van der Waals surface area contributed by atoms with E-state index in [1.807, 2.05) is 66.9 Å². The molecule has 278 valence electrons. The average Bonchev–Trinajstić information content (AvgIpc) is 3.82. The predicted octanol–water partition coefficient (Wildman–Crippen LogP) is 5.38. The minimum absolute atomic E-state index is 0.0366. The molecule has 2 N–H and O–H groups in total. The van der Waals surface area contributed by atoms with Crippen LogP contribution in [0.1, 0.15) is 62.4 Å². The second kappa shape index (κ2) is 17.4. The van der Waals surface area contributed by atoms with Crippen LogP contribution in [0, 0.1) is 4.91 Å². The van der Waals surface area contributed by atoms with Crippen LogP contribution in [0.2, 0.25) is 0 Å². The molecule has 17 heteroatoms. The van der Waals surface area contributed by atoms with Crippen LogP contribution < -0.4 is 10.3 Å². The van der Waals surface area contributed by atoms with E-state index < -0.39 is 18.4 Å². The summed E-state index contributed by atoms with van der Waals surface area (Å²) in [6.07, 6.45) is 1.00. The molecule has 1 aliphatic rings. The number of para-hydroxylation sites is 1. The topological polar surface area (TPSA) is 188 Å². The van der Waals surface area contributed by atoms with Crippen molar-refractivity contribution in [2.24, 2.45) is 0 Å². The van der Waals surface area contributed by atoms with Crippen LogP contribution in [-0.4, -0.2) is 91.0 Å². The van der Waals surface area contributed by atoms with Crippen LogP contribution in [0.5, 0.6) is 6.01 Å². The van der Waals surface area contributed by atoms with Gasteiger partial charge in [0, 0.05) is 24.5 Å². The number of imidazole rings is 1. The first-order chi connectivity index (χ1) is 25.8. The Morgan fingerprint density at radius 1 is 1.02 bits per heavy atom. The number of rotatable bonds is 16. The molecule has 0 radical (unpaired) electrons. The number of hydrogen-bond donors (Lipinski definition) is 2. The van der Waals surface area contributed by atoms with Gasteiger partial charge in [-0.25, -0.2) is 14.4 Å². The van der Waals surface area contributed by atoms with E-state index in [0.717, 1.165) is 41.5 Å². The van der Waals surface area contributed by atoms with Gasteiger partial charge in [-0.2, -0.15) is 10.2 Å². The van der Waals surface area contributed by atoms with Gasteiger partial charge in [-0.1, -0.05) is 54.6 Å². The van der Waals surface area contributed by atoms with E-state index in [2.05, 4.69) is 31.2 Å². The maximum Gasteiger partial charge on any atom is 0.511 e. The summed E-state index contributed by atoms with van der Waals surface area (Å²) in [6, 6.07) is 21.3. The van der Waals surface area contributed by atoms with Gasteiger partial charge < -0.3 is 18.9 Å². The van der Waals surface area contributed by atoms with Crippen LogP contribution in [0.25, 0.3) is 33.5 Å². The number of fused-ring (bicyclic) bond motifs is 1. The van der Waals surface area contributed by atoms with E-state index in [4.69, 9.17) is 23.8 Å². The summed E-state index contributed by atoms with van der Waals surface area (Å²) in [5.74, 6) is -0.226. The summed E-state index contributed by atoms with van der Waals surface area (Å²) in [6.45, 7) is 6.68. The van der Waals surface area contributed by atoms with E-state index in [9.17, 15) is 14.5 Å². The summed E-state index contributed by atoms with van der Waals surface area (Å²) in [4.78, 5) is 48.4. The van der Waals surface area contributed by atoms with Crippen LogP contribution >= 0.6 is 0 Å². The molecule has 1 saturated heterocycles. The van der Waals surface area contributed by atoms with Crippen molar-refractivity contribution in [3.63, 3.8) is 0 Å². The van der Waals surface area contributed by atoms with Crippen molar-refractivity contribution in [3.05, 3.63) is 82.8 Å². The number of carbonyl (C=O) groups is 2. The highest BCUT2D eigenvalue weighted by Gasteiger charge is 2.30. The molecule has 0 saturated carbocycles. The Kier molecular flexibility index (Phi) is 12.1. The highest BCUT2D eigenvalue weighted by molar-refractivity contribution is 6.02. The van der Waals surface area contributed by atoms with Gasteiger partial charge in [-0.05, 0) is 67.1 Å². The Bertz CT molecular complexity index is 2000. The molecular weight excluding hydrogens is 686 g/mol. The highest BCUT2D eigenvalue weighted by atomic mass is 16.8. The summed E-state index contributed by atoms with van der Waals surface area (Å²) < 4.78 is 23.4. The second-order valence-corrected chi connectivity index (χ2v) is 12.3. The normalized spacial score (nSPS) is 14.8. The summed E-state index contributed by atoms with van der Waals surface area (Å²) in [5.41, 5.74) is 7.28. The first-order valence-corrected chi connectivity index (χ1v) is 17.5. The SMILES string of the molecule is CCOc1nc2cccc(C(=O)OC(C)OC(=O)OCCCON[N+](=O)N3CCCCC3C)c2n1Cc1ccc(-c2ccccc2-c2nn[nH]n2)cc1. The van der Waals surface area contributed by atoms with Crippen molar-refractivity contribution in [2.45, 2.75) is 65.3 Å². The number of carbonyl (C=O) groups excluding carboxylic acids is 2. The zero-order valence-corrected chi connectivity index (χ0v) is 29.8. The van der Waals surface area contributed by atoms with Crippen LogP contribution in [0.3, 0.4) is 0 Å². The monoisotopic (exact) mass is 728 g/mol.